The summed E-state index contributed by atoms with van der Waals surface area (Å²) in [7, 11) is 0. The van der Waals surface area contributed by atoms with Gasteiger partial charge >= 0.3 is 0 Å². The van der Waals surface area contributed by atoms with Crippen LogP contribution in [0.2, 0.25) is 0 Å². The van der Waals surface area contributed by atoms with Crippen molar-refractivity contribution in [3.63, 3.8) is 0 Å². The molecule has 0 saturated carbocycles. The van der Waals surface area contributed by atoms with Gasteiger partial charge in [0.2, 0.25) is 0 Å². The zero-order valence-corrected chi connectivity index (χ0v) is 14.6. The van der Waals surface area contributed by atoms with Gasteiger partial charge in [-0.15, -0.1) is 0 Å². The van der Waals surface area contributed by atoms with Crippen LogP contribution < -0.4 is 9.64 Å². The first-order valence-corrected chi connectivity index (χ1v) is 8.50. The Labute approximate surface area is 152 Å². The molecule has 0 aliphatic carbocycles. The Balaban J connectivity index is 1.99. The fourth-order valence-corrected chi connectivity index (χ4v) is 2.83. The van der Waals surface area contributed by atoms with E-state index in [9.17, 15) is 4.79 Å². The summed E-state index contributed by atoms with van der Waals surface area (Å²) in [6.07, 6.45) is 1.96. The lowest BCUT2D eigenvalue weighted by molar-refractivity contribution is 0.0989. The van der Waals surface area contributed by atoms with Crippen LogP contribution in [-0.4, -0.2) is 24.0 Å². The molecular formula is C21H19N3O2. The van der Waals surface area contributed by atoms with Gasteiger partial charge in [0.15, 0.2) is 0 Å². The number of fused-ring (bicyclic) bond motifs is 1. The number of pyridine rings is 1. The van der Waals surface area contributed by atoms with Crippen LogP contribution in [0.25, 0.3) is 10.9 Å². The molecule has 0 fully saturated rings. The number of nitriles is 1. The average molecular weight is 345 g/mol. The van der Waals surface area contributed by atoms with E-state index in [1.165, 1.54) is 0 Å². The molecule has 0 saturated heterocycles. The summed E-state index contributed by atoms with van der Waals surface area (Å²) < 4.78 is 5.46. The highest BCUT2D eigenvalue weighted by molar-refractivity contribution is 6.13. The van der Waals surface area contributed by atoms with Crippen LogP contribution in [0.4, 0.5) is 5.69 Å². The van der Waals surface area contributed by atoms with Crippen LogP contribution >= 0.6 is 0 Å². The molecule has 0 spiro atoms. The highest BCUT2D eigenvalue weighted by Gasteiger charge is 2.19. The number of aromatic nitrogens is 1. The Hall–Kier alpha value is -3.39. The van der Waals surface area contributed by atoms with E-state index in [1.807, 2.05) is 55.5 Å². The summed E-state index contributed by atoms with van der Waals surface area (Å²) in [5.74, 6) is 0.598. The monoisotopic (exact) mass is 345 g/mol. The Morgan fingerprint density at radius 1 is 1.15 bits per heavy atom. The number of nitrogens with zero attached hydrogens (tertiary/aromatic N) is 3. The summed E-state index contributed by atoms with van der Waals surface area (Å²) in [4.78, 5) is 19.2. The van der Waals surface area contributed by atoms with E-state index in [1.54, 1.807) is 17.2 Å². The summed E-state index contributed by atoms with van der Waals surface area (Å²) >= 11 is 0. The molecule has 0 aliphatic heterocycles. The number of amides is 1. The van der Waals surface area contributed by atoms with Gasteiger partial charge in [-0.3, -0.25) is 9.78 Å². The molecule has 1 amide bonds. The third-order valence-corrected chi connectivity index (χ3v) is 4.03. The SMILES string of the molecule is CCOc1ccc(N(CCC#N)C(=O)c2cccc3ncccc23)cc1. The highest BCUT2D eigenvalue weighted by Crippen LogP contribution is 2.24. The zero-order chi connectivity index (χ0) is 18.4. The maximum absolute atomic E-state index is 13.2. The minimum absolute atomic E-state index is 0.150. The molecule has 0 atom stereocenters. The fraction of sp³-hybridized carbons (Fsp3) is 0.190. The average Bonchev–Trinajstić information content (AvgIpc) is 2.69. The molecule has 0 radical (unpaired) electrons. The highest BCUT2D eigenvalue weighted by atomic mass is 16.5. The van der Waals surface area contributed by atoms with Crippen LogP contribution in [0.1, 0.15) is 23.7 Å². The van der Waals surface area contributed by atoms with E-state index in [2.05, 4.69) is 11.1 Å². The molecule has 3 rings (SSSR count). The number of carbonyl (C=O) groups excluding carboxylic acids is 1. The number of carbonyl (C=O) groups is 1. The molecule has 1 heterocycles. The van der Waals surface area contributed by atoms with Crippen molar-refractivity contribution in [2.24, 2.45) is 0 Å². The molecule has 3 aromatic rings. The lowest BCUT2D eigenvalue weighted by atomic mass is 10.1. The van der Waals surface area contributed by atoms with E-state index in [-0.39, 0.29) is 12.3 Å². The van der Waals surface area contributed by atoms with Crippen molar-refractivity contribution in [3.05, 3.63) is 66.4 Å². The lowest BCUT2D eigenvalue weighted by Crippen LogP contribution is -2.32. The maximum atomic E-state index is 13.2. The molecule has 5 nitrogen and oxygen atoms in total. The number of ether oxygens (including phenoxy) is 1. The minimum Gasteiger partial charge on any atom is -0.494 e. The largest absolute Gasteiger partial charge is 0.494 e. The summed E-state index contributed by atoms with van der Waals surface area (Å²) in [6.45, 7) is 2.82. The third kappa shape index (κ3) is 3.65. The second-order valence-electron chi connectivity index (χ2n) is 5.67. The van der Waals surface area contributed by atoms with Crippen molar-refractivity contribution in [2.45, 2.75) is 13.3 Å². The first-order valence-electron chi connectivity index (χ1n) is 8.50. The van der Waals surface area contributed by atoms with Crippen LogP contribution in [0, 0.1) is 11.3 Å². The van der Waals surface area contributed by atoms with E-state index < -0.39 is 0 Å². The molecule has 26 heavy (non-hydrogen) atoms. The predicted octanol–water partition coefficient (Wildman–Crippen LogP) is 4.19. The van der Waals surface area contributed by atoms with Gasteiger partial charge in [0.25, 0.3) is 5.91 Å². The van der Waals surface area contributed by atoms with Crippen molar-refractivity contribution in [3.8, 4) is 11.8 Å². The molecule has 0 aliphatic rings. The Morgan fingerprint density at radius 2 is 1.96 bits per heavy atom. The van der Waals surface area contributed by atoms with E-state index in [0.717, 1.165) is 22.3 Å². The maximum Gasteiger partial charge on any atom is 0.258 e. The zero-order valence-electron chi connectivity index (χ0n) is 14.6. The number of hydrogen-bond acceptors (Lipinski definition) is 4. The normalized spacial score (nSPS) is 10.3. The quantitative estimate of drug-likeness (QED) is 0.672. The van der Waals surface area contributed by atoms with Gasteiger partial charge in [0.1, 0.15) is 5.75 Å². The minimum atomic E-state index is -0.150. The molecular weight excluding hydrogens is 326 g/mol. The number of rotatable bonds is 6. The van der Waals surface area contributed by atoms with Crippen LogP contribution in [0.3, 0.4) is 0 Å². The Morgan fingerprint density at radius 3 is 2.69 bits per heavy atom. The number of anilines is 1. The van der Waals surface area contributed by atoms with E-state index in [0.29, 0.717) is 18.7 Å². The smallest absolute Gasteiger partial charge is 0.258 e. The molecule has 130 valence electrons. The second-order valence-corrected chi connectivity index (χ2v) is 5.67. The second kappa shape index (κ2) is 8.13. The first kappa shape index (κ1) is 17.4. The van der Waals surface area contributed by atoms with Crippen molar-refractivity contribution >= 4 is 22.5 Å². The Kier molecular flexibility index (Phi) is 5.45. The van der Waals surface area contributed by atoms with Gasteiger partial charge < -0.3 is 9.64 Å². The van der Waals surface area contributed by atoms with Crippen LogP contribution in [-0.2, 0) is 0 Å². The number of hydrogen-bond donors (Lipinski definition) is 0. The fourth-order valence-electron chi connectivity index (χ4n) is 2.83. The van der Waals surface area contributed by atoms with E-state index >= 15 is 0 Å². The van der Waals surface area contributed by atoms with Crippen molar-refractivity contribution in [1.82, 2.24) is 4.98 Å². The predicted molar refractivity (Wildman–Crippen MR) is 101 cm³/mol. The lowest BCUT2D eigenvalue weighted by Gasteiger charge is -2.23. The summed E-state index contributed by atoms with van der Waals surface area (Å²) in [5.41, 5.74) is 2.07. The van der Waals surface area contributed by atoms with Crippen molar-refractivity contribution in [2.75, 3.05) is 18.1 Å². The van der Waals surface area contributed by atoms with Crippen molar-refractivity contribution < 1.29 is 9.53 Å². The molecule has 0 unspecified atom stereocenters. The third-order valence-electron chi connectivity index (χ3n) is 4.03. The van der Waals surface area contributed by atoms with E-state index in [4.69, 9.17) is 10.00 Å². The van der Waals surface area contributed by atoms with Crippen molar-refractivity contribution in [1.29, 1.82) is 5.26 Å². The van der Waals surface area contributed by atoms with Gasteiger partial charge in [-0.1, -0.05) is 12.1 Å². The summed E-state index contributed by atoms with van der Waals surface area (Å²) in [6, 6.07) is 18.6. The molecule has 0 bridgehead atoms. The first-order chi connectivity index (χ1) is 12.7. The molecule has 5 heteroatoms. The summed E-state index contributed by atoms with van der Waals surface area (Å²) in [5, 5.41) is 9.78. The van der Waals surface area contributed by atoms with Gasteiger partial charge in [0.05, 0.1) is 24.6 Å². The molecule has 0 N–H and O–H groups in total. The van der Waals surface area contributed by atoms with Gasteiger partial charge in [0, 0.05) is 29.4 Å². The topological polar surface area (TPSA) is 66.2 Å². The standard InChI is InChI=1S/C21H19N3O2/c1-2-26-17-11-9-16(10-12-17)24(15-5-13-22)21(25)19-6-3-8-20-18(19)7-4-14-23-20/h3-4,6-12,14H,2,5,15H2,1H3. The van der Waals surface area contributed by atoms with Crippen LogP contribution in [0.15, 0.2) is 60.8 Å². The van der Waals surface area contributed by atoms with Crippen LogP contribution in [0.5, 0.6) is 5.75 Å². The van der Waals surface area contributed by atoms with Gasteiger partial charge in [-0.2, -0.15) is 5.26 Å². The Bertz CT molecular complexity index is 940. The van der Waals surface area contributed by atoms with Gasteiger partial charge in [-0.25, -0.2) is 0 Å². The molecule has 1 aromatic heterocycles. The molecule has 2 aromatic carbocycles. The number of benzene rings is 2. The van der Waals surface area contributed by atoms with Gasteiger partial charge in [-0.05, 0) is 49.4 Å².